The lowest BCUT2D eigenvalue weighted by Gasteiger charge is -2.10. The van der Waals surface area contributed by atoms with Gasteiger partial charge in [0.05, 0.1) is 0 Å². The van der Waals surface area contributed by atoms with Gasteiger partial charge in [0.1, 0.15) is 11.8 Å². The fourth-order valence-electron chi connectivity index (χ4n) is 2.41. The van der Waals surface area contributed by atoms with Crippen molar-refractivity contribution < 1.29 is 0 Å². The second kappa shape index (κ2) is 4.55. The molecule has 0 N–H and O–H groups in total. The van der Waals surface area contributed by atoms with Crippen molar-refractivity contribution in [3.63, 3.8) is 0 Å². The molecule has 0 saturated carbocycles. The fraction of sp³-hybridized carbons (Fsp3) is 0.0588. The van der Waals surface area contributed by atoms with Crippen molar-refractivity contribution in [3.8, 4) is 17.2 Å². The van der Waals surface area contributed by atoms with Crippen LogP contribution >= 0.6 is 0 Å². The van der Waals surface area contributed by atoms with Crippen molar-refractivity contribution in [2.24, 2.45) is 0 Å². The minimum atomic E-state index is 0.488. The lowest BCUT2D eigenvalue weighted by Crippen LogP contribution is -1.95. The summed E-state index contributed by atoms with van der Waals surface area (Å²) in [5, 5.41) is 11.5. The topological polar surface area (TPSA) is 36.7 Å². The third-order valence-corrected chi connectivity index (χ3v) is 3.27. The Hall–Kier alpha value is -2.66. The molecule has 0 atom stereocenters. The van der Waals surface area contributed by atoms with Gasteiger partial charge in [-0.3, -0.25) is 0 Å². The average molecular weight is 244 g/mol. The van der Waals surface area contributed by atoms with Crippen LogP contribution in [0.4, 0.5) is 0 Å². The van der Waals surface area contributed by atoms with E-state index >= 15 is 0 Å². The summed E-state index contributed by atoms with van der Waals surface area (Å²) < 4.78 is 0. The highest BCUT2D eigenvalue weighted by atomic mass is 14.7. The third kappa shape index (κ3) is 1.86. The number of rotatable bonds is 1. The zero-order chi connectivity index (χ0) is 13.2. The van der Waals surface area contributed by atoms with Crippen LogP contribution in [0.3, 0.4) is 0 Å². The number of fused-ring (bicyclic) bond motifs is 1. The normalized spacial score (nSPS) is 10.3. The zero-order valence-corrected chi connectivity index (χ0v) is 10.6. The van der Waals surface area contributed by atoms with E-state index in [2.05, 4.69) is 11.1 Å². The maximum atomic E-state index is 9.35. The Morgan fingerprint density at radius 1 is 0.895 bits per heavy atom. The van der Waals surface area contributed by atoms with E-state index in [0.29, 0.717) is 5.69 Å². The van der Waals surface area contributed by atoms with Gasteiger partial charge in [-0.25, -0.2) is 4.98 Å². The van der Waals surface area contributed by atoms with Gasteiger partial charge >= 0.3 is 0 Å². The summed E-state index contributed by atoms with van der Waals surface area (Å²) >= 11 is 0. The van der Waals surface area contributed by atoms with E-state index in [9.17, 15) is 5.26 Å². The van der Waals surface area contributed by atoms with Gasteiger partial charge < -0.3 is 0 Å². The van der Waals surface area contributed by atoms with Gasteiger partial charge in [-0.1, -0.05) is 54.6 Å². The highest BCUT2D eigenvalue weighted by molar-refractivity contribution is 5.99. The highest BCUT2D eigenvalue weighted by Gasteiger charge is 2.12. The molecule has 3 aromatic rings. The number of nitriles is 1. The minimum Gasteiger partial charge on any atom is -0.241 e. The lowest BCUT2D eigenvalue weighted by molar-refractivity contribution is 1.20. The summed E-state index contributed by atoms with van der Waals surface area (Å²) in [6.45, 7) is 1.94. The second-order valence-corrected chi connectivity index (χ2v) is 4.44. The van der Waals surface area contributed by atoms with Crippen LogP contribution in [0.2, 0.25) is 0 Å². The maximum Gasteiger partial charge on any atom is 0.149 e. The minimum absolute atomic E-state index is 0.488. The first-order valence-electron chi connectivity index (χ1n) is 6.16. The molecule has 0 fully saturated rings. The Morgan fingerprint density at radius 2 is 1.53 bits per heavy atom. The number of aromatic nitrogens is 1. The van der Waals surface area contributed by atoms with Crippen molar-refractivity contribution >= 4 is 10.8 Å². The first-order chi connectivity index (χ1) is 9.31. The lowest BCUT2D eigenvalue weighted by atomic mass is 9.96. The number of pyridine rings is 1. The molecule has 90 valence electrons. The van der Waals surface area contributed by atoms with Crippen LogP contribution in [0.25, 0.3) is 21.9 Å². The van der Waals surface area contributed by atoms with Crippen LogP contribution in [0.1, 0.15) is 11.4 Å². The number of hydrogen-bond acceptors (Lipinski definition) is 2. The van der Waals surface area contributed by atoms with Crippen LogP contribution in [0, 0.1) is 18.3 Å². The van der Waals surface area contributed by atoms with Crippen molar-refractivity contribution in [1.29, 1.82) is 5.26 Å². The Kier molecular flexibility index (Phi) is 2.74. The third-order valence-electron chi connectivity index (χ3n) is 3.27. The predicted molar refractivity (Wildman–Crippen MR) is 76.6 cm³/mol. The Labute approximate surface area is 112 Å². The van der Waals surface area contributed by atoms with E-state index in [1.165, 1.54) is 0 Å². The average Bonchev–Trinajstić information content (AvgIpc) is 2.48. The molecule has 2 aromatic carbocycles. The number of nitrogens with zero attached hydrogens (tertiary/aromatic N) is 2. The molecule has 0 spiro atoms. The van der Waals surface area contributed by atoms with Crippen LogP contribution in [0.5, 0.6) is 0 Å². The molecule has 3 rings (SSSR count). The van der Waals surface area contributed by atoms with Gasteiger partial charge in [0, 0.05) is 16.6 Å². The second-order valence-electron chi connectivity index (χ2n) is 4.44. The predicted octanol–water partition coefficient (Wildman–Crippen LogP) is 4.08. The Balaban J connectivity index is 2.47. The molecule has 0 bridgehead atoms. The first-order valence-corrected chi connectivity index (χ1v) is 6.16. The molecule has 0 amide bonds. The molecule has 2 heteroatoms. The smallest absolute Gasteiger partial charge is 0.149 e. The van der Waals surface area contributed by atoms with Crippen LogP contribution in [-0.2, 0) is 0 Å². The van der Waals surface area contributed by atoms with E-state index in [4.69, 9.17) is 0 Å². The zero-order valence-electron chi connectivity index (χ0n) is 10.6. The summed E-state index contributed by atoms with van der Waals surface area (Å²) in [6.07, 6.45) is 0. The SMILES string of the molecule is Cc1nc(C#N)c(-c2ccccc2)c2ccccc12. The molecular weight excluding hydrogens is 232 g/mol. The molecule has 0 unspecified atom stereocenters. The van der Waals surface area contributed by atoms with Gasteiger partial charge in [0.2, 0.25) is 0 Å². The largest absolute Gasteiger partial charge is 0.241 e. The van der Waals surface area contributed by atoms with E-state index < -0.39 is 0 Å². The van der Waals surface area contributed by atoms with Crippen LogP contribution in [0.15, 0.2) is 54.6 Å². The number of hydrogen-bond donors (Lipinski definition) is 0. The van der Waals surface area contributed by atoms with E-state index in [0.717, 1.165) is 27.6 Å². The van der Waals surface area contributed by atoms with Crippen molar-refractivity contribution in [2.45, 2.75) is 6.92 Å². The summed E-state index contributed by atoms with van der Waals surface area (Å²) in [5.41, 5.74) is 3.33. The highest BCUT2D eigenvalue weighted by Crippen LogP contribution is 2.31. The molecule has 0 saturated heterocycles. The van der Waals surface area contributed by atoms with Crippen LogP contribution < -0.4 is 0 Å². The molecule has 0 radical (unpaired) electrons. The fourth-order valence-corrected chi connectivity index (χ4v) is 2.41. The van der Waals surface area contributed by atoms with Gasteiger partial charge in [0.25, 0.3) is 0 Å². The monoisotopic (exact) mass is 244 g/mol. The van der Waals surface area contributed by atoms with Gasteiger partial charge in [-0.05, 0) is 17.9 Å². The van der Waals surface area contributed by atoms with E-state index in [1.807, 2.05) is 61.5 Å². The molecule has 0 aliphatic heterocycles. The molecule has 1 heterocycles. The van der Waals surface area contributed by atoms with Gasteiger partial charge in [-0.2, -0.15) is 5.26 Å². The number of benzene rings is 2. The van der Waals surface area contributed by atoms with Crippen molar-refractivity contribution in [3.05, 3.63) is 66.0 Å². The standard InChI is InChI=1S/C17H12N2/c1-12-14-9-5-6-10-15(14)17(16(11-18)19-12)13-7-3-2-4-8-13/h2-10H,1H3. The van der Waals surface area contributed by atoms with E-state index in [1.54, 1.807) is 0 Å². The van der Waals surface area contributed by atoms with Crippen LogP contribution in [-0.4, -0.2) is 4.98 Å². The first kappa shape index (κ1) is 11.4. The Bertz CT molecular complexity index is 783. The van der Waals surface area contributed by atoms with E-state index in [-0.39, 0.29) is 0 Å². The quantitative estimate of drug-likeness (QED) is 0.646. The molecule has 0 aliphatic rings. The molecule has 0 aliphatic carbocycles. The maximum absolute atomic E-state index is 9.35. The van der Waals surface area contributed by atoms with Gasteiger partial charge in [-0.15, -0.1) is 0 Å². The molecule has 19 heavy (non-hydrogen) atoms. The van der Waals surface area contributed by atoms with Crippen molar-refractivity contribution in [1.82, 2.24) is 4.98 Å². The summed E-state index contributed by atoms with van der Waals surface area (Å²) in [7, 11) is 0. The summed E-state index contributed by atoms with van der Waals surface area (Å²) in [4.78, 5) is 4.44. The van der Waals surface area contributed by atoms with Gasteiger partial charge in [0.15, 0.2) is 0 Å². The molecule has 2 nitrogen and oxygen atoms in total. The molecule has 1 aromatic heterocycles. The molecular formula is C17H12N2. The van der Waals surface area contributed by atoms with Crippen molar-refractivity contribution in [2.75, 3.05) is 0 Å². The summed E-state index contributed by atoms with van der Waals surface area (Å²) in [6, 6.07) is 20.3. The number of aryl methyl sites for hydroxylation is 1. The summed E-state index contributed by atoms with van der Waals surface area (Å²) in [5.74, 6) is 0. The Morgan fingerprint density at radius 3 is 2.21 bits per heavy atom.